The summed E-state index contributed by atoms with van der Waals surface area (Å²) in [4.78, 5) is 13.3. The first-order chi connectivity index (χ1) is 9.00. The van der Waals surface area contributed by atoms with Gasteiger partial charge in [0.05, 0.1) is 11.7 Å². The third-order valence-corrected chi connectivity index (χ3v) is 4.00. The summed E-state index contributed by atoms with van der Waals surface area (Å²) in [7, 11) is 0. The number of hydrogen-bond acceptors (Lipinski definition) is 1. The fourth-order valence-corrected chi connectivity index (χ4v) is 3.20. The lowest BCUT2D eigenvalue weighted by atomic mass is 9.72. The van der Waals surface area contributed by atoms with Gasteiger partial charge in [-0.1, -0.05) is 50.3 Å². The predicted octanol–water partition coefficient (Wildman–Crippen LogP) is 3.62. The second-order valence-corrected chi connectivity index (χ2v) is 5.78. The summed E-state index contributed by atoms with van der Waals surface area (Å²) in [5.41, 5.74) is 2.89. The highest BCUT2D eigenvalue weighted by molar-refractivity contribution is 5.90. The van der Waals surface area contributed by atoms with E-state index in [1.54, 1.807) is 0 Å². The van der Waals surface area contributed by atoms with Crippen LogP contribution in [-0.4, -0.2) is 17.2 Å². The number of anilines is 1. The zero-order chi connectivity index (χ0) is 13.6. The number of nitrogens with zero attached hydrogens (tertiary/aromatic N) is 1. The van der Waals surface area contributed by atoms with Crippen molar-refractivity contribution in [1.29, 1.82) is 0 Å². The molecule has 1 aliphatic carbocycles. The van der Waals surface area contributed by atoms with Crippen LogP contribution < -0.4 is 4.90 Å². The van der Waals surface area contributed by atoms with Crippen LogP contribution in [0.2, 0.25) is 0 Å². The minimum atomic E-state index is -0.883. The molecule has 19 heavy (non-hydrogen) atoms. The van der Waals surface area contributed by atoms with Crippen molar-refractivity contribution in [3.05, 3.63) is 53.6 Å². The molecule has 1 heterocycles. The molecule has 1 aromatic carbocycles. The Hall–Kier alpha value is -2.03. The van der Waals surface area contributed by atoms with Crippen LogP contribution in [0, 0.1) is 5.41 Å². The number of carbonyl (C=O) groups is 1. The van der Waals surface area contributed by atoms with Crippen molar-refractivity contribution in [3.8, 4) is 0 Å². The fraction of sp³-hybridized carbons (Fsp3) is 0.312. The maximum absolute atomic E-state index is 11.7. The van der Waals surface area contributed by atoms with Crippen molar-refractivity contribution in [2.75, 3.05) is 4.90 Å². The number of amides is 1. The molecule has 3 rings (SSSR count). The third kappa shape index (κ3) is 1.77. The number of rotatable bonds is 0. The maximum atomic E-state index is 11.7. The molecular weight excluding hydrogens is 238 g/mol. The molecule has 1 aromatic rings. The number of hydrogen-bond donors (Lipinski definition) is 1. The molecule has 0 saturated heterocycles. The van der Waals surface area contributed by atoms with E-state index in [9.17, 15) is 9.90 Å². The zero-order valence-electron chi connectivity index (χ0n) is 11.1. The highest BCUT2D eigenvalue weighted by atomic mass is 16.4. The van der Waals surface area contributed by atoms with E-state index in [1.807, 2.05) is 30.3 Å². The Kier molecular flexibility index (Phi) is 2.52. The molecule has 0 fully saturated rings. The minimum Gasteiger partial charge on any atom is -0.465 e. The van der Waals surface area contributed by atoms with E-state index in [-0.39, 0.29) is 11.5 Å². The van der Waals surface area contributed by atoms with Crippen molar-refractivity contribution in [2.45, 2.75) is 26.3 Å². The van der Waals surface area contributed by atoms with Crippen molar-refractivity contribution in [2.24, 2.45) is 5.41 Å². The highest BCUT2D eigenvalue weighted by Crippen LogP contribution is 2.43. The Morgan fingerprint density at radius 1 is 1.37 bits per heavy atom. The van der Waals surface area contributed by atoms with Gasteiger partial charge in [-0.05, 0) is 23.6 Å². The monoisotopic (exact) mass is 255 g/mol. The molecule has 0 spiro atoms. The van der Waals surface area contributed by atoms with Gasteiger partial charge in [0, 0.05) is 5.41 Å². The van der Waals surface area contributed by atoms with E-state index in [2.05, 4.69) is 26.0 Å². The van der Waals surface area contributed by atoms with E-state index in [4.69, 9.17) is 0 Å². The average molecular weight is 255 g/mol. The Morgan fingerprint density at radius 3 is 2.84 bits per heavy atom. The van der Waals surface area contributed by atoms with Crippen molar-refractivity contribution >= 4 is 11.8 Å². The Morgan fingerprint density at radius 2 is 2.11 bits per heavy atom. The second kappa shape index (κ2) is 3.98. The number of benzene rings is 1. The largest absolute Gasteiger partial charge is 0.465 e. The first-order valence-electron chi connectivity index (χ1n) is 6.49. The smallest absolute Gasteiger partial charge is 0.412 e. The molecule has 3 nitrogen and oxygen atoms in total. The van der Waals surface area contributed by atoms with Gasteiger partial charge in [-0.15, -0.1) is 0 Å². The van der Waals surface area contributed by atoms with Crippen LogP contribution >= 0.6 is 0 Å². The lowest BCUT2D eigenvalue weighted by molar-refractivity contribution is 0.194. The highest BCUT2D eigenvalue weighted by Gasteiger charge is 2.43. The third-order valence-electron chi connectivity index (χ3n) is 4.00. The van der Waals surface area contributed by atoms with Crippen LogP contribution in [0.1, 0.15) is 19.4 Å². The van der Waals surface area contributed by atoms with Crippen molar-refractivity contribution in [1.82, 2.24) is 0 Å². The normalized spacial score (nSPS) is 23.4. The Balaban J connectivity index is 2.20. The van der Waals surface area contributed by atoms with Crippen LogP contribution in [0.3, 0.4) is 0 Å². The van der Waals surface area contributed by atoms with Crippen LogP contribution in [0.5, 0.6) is 0 Å². The molecule has 0 saturated carbocycles. The molecule has 1 atom stereocenters. The Bertz CT molecular complexity index is 599. The number of allylic oxidation sites excluding steroid dienone is 2. The molecule has 0 radical (unpaired) electrons. The van der Waals surface area contributed by atoms with Gasteiger partial charge in [0.2, 0.25) is 0 Å². The van der Waals surface area contributed by atoms with E-state index in [1.165, 1.54) is 10.5 Å². The second-order valence-electron chi connectivity index (χ2n) is 5.78. The molecular formula is C16H17NO2. The fourth-order valence-electron chi connectivity index (χ4n) is 3.20. The average Bonchev–Trinajstić information content (AvgIpc) is 2.35. The molecule has 2 aliphatic rings. The van der Waals surface area contributed by atoms with Gasteiger partial charge >= 0.3 is 6.09 Å². The predicted molar refractivity (Wildman–Crippen MR) is 75.4 cm³/mol. The number of fused-ring (bicyclic) bond motifs is 2. The molecule has 1 amide bonds. The van der Waals surface area contributed by atoms with Gasteiger partial charge in [0.25, 0.3) is 0 Å². The summed E-state index contributed by atoms with van der Waals surface area (Å²) in [5, 5.41) is 9.63. The summed E-state index contributed by atoms with van der Waals surface area (Å²) in [5.74, 6) is 0. The zero-order valence-corrected chi connectivity index (χ0v) is 11.1. The van der Waals surface area contributed by atoms with E-state index >= 15 is 0 Å². The molecule has 1 unspecified atom stereocenters. The summed E-state index contributed by atoms with van der Waals surface area (Å²) in [6, 6.07) is 7.66. The first kappa shape index (κ1) is 12.0. The summed E-state index contributed by atoms with van der Waals surface area (Å²) in [6.45, 7) is 4.18. The van der Waals surface area contributed by atoms with Gasteiger partial charge in [0.15, 0.2) is 0 Å². The number of para-hydroxylation sites is 1. The summed E-state index contributed by atoms with van der Waals surface area (Å²) in [6.07, 6.45) is 6.14. The van der Waals surface area contributed by atoms with Gasteiger partial charge < -0.3 is 5.11 Å². The minimum absolute atomic E-state index is 0.107. The first-order valence-corrected chi connectivity index (χ1v) is 6.49. The molecule has 1 N–H and O–H groups in total. The van der Waals surface area contributed by atoms with Gasteiger partial charge in [-0.2, -0.15) is 0 Å². The van der Waals surface area contributed by atoms with Crippen LogP contribution in [-0.2, 0) is 6.42 Å². The van der Waals surface area contributed by atoms with Gasteiger partial charge in [-0.25, -0.2) is 4.79 Å². The van der Waals surface area contributed by atoms with E-state index in [0.29, 0.717) is 0 Å². The summed E-state index contributed by atoms with van der Waals surface area (Å²) < 4.78 is 0. The maximum Gasteiger partial charge on any atom is 0.412 e. The van der Waals surface area contributed by atoms with Crippen LogP contribution in [0.15, 0.2) is 48.1 Å². The number of carboxylic acid groups (broad SMARTS) is 1. The van der Waals surface area contributed by atoms with Crippen molar-refractivity contribution < 1.29 is 9.90 Å². The van der Waals surface area contributed by atoms with E-state index < -0.39 is 6.09 Å². The molecule has 3 heteroatoms. The summed E-state index contributed by atoms with van der Waals surface area (Å²) >= 11 is 0. The molecule has 0 bridgehead atoms. The van der Waals surface area contributed by atoms with Crippen molar-refractivity contribution in [3.63, 3.8) is 0 Å². The van der Waals surface area contributed by atoms with Crippen LogP contribution in [0.4, 0.5) is 10.5 Å². The quantitative estimate of drug-likeness (QED) is 0.769. The molecule has 1 aliphatic heterocycles. The Labute approximate surface area is 112 Å². The topological polar surface area (TPSA) is 40.5 Å². The standard InChI is InChI=1S/C16H17NO2/c1-16(2)9-5-7-12-10-11-6-3-4-8-13(11)17(14(12)16)15(18)19/h3-9,14H,10H2,1-2H3,(H,18,19). The SMILES string of the molecule is CC1(C)C=CC=C2Cc3ccccc3N(C(=O)O)C21. The van der Waals surface area contributed by atoms with Gasteiger partial charge in [-0.3, -0.25) is 4.90 Å². The molecule has 98 valence electrons. The lowest BCUT2D eigenvalue weighted by Crippen LogP contribution is -2.52. The molecule has 0 aromatic heterocycles. The van der Waals surface area contributed by atoms with E-state index in [0.717, 1.165) is 17.7 Å². The van der Waals surface area contributed by atoms with Gasteiger partial charge in [0.1, 0.15) is 0 Å². The lowest BCUT2D eigenvalue weighted by Gasteiger charge is -2.45. The van der Waals surface area contributed by atoms with Crippen LogP contribution in [0.25, 0.3) is 0 Å².